The lowest BCUT2D eigenvalue weighted by atomic mass is 10.0. The molecule has 1 fully saturated rings. The van der Waals surface area contributed by atoms with Gasteiger partial charge in [0.2, 0.25) is 0 Å². The maximum Gasteiger partial charge on any atom is 0.254 e. The molecule has 0 N–H and O–H groups in total. The van der Waals surface area contributed by atoms with E-state index in [1.165, 1.54) is 5.56 Å². The van der Waals surface area contributed by atoms with Gasteiger partial charge in [-0.25, -0.2) is 9.67 Å². The largest absolute Gasteiger partial charge is 0.335 e. The average molecular weight is 411 g/mol. The van der Waals surface area contributed by atoms with Crippen LogP contribution in [0.4, 0.5) is 0 Å². The van der Waals surface area contributed by atoms with Gasteiger partial charge in [-0.15, -0.1) is 0 Å². The van der Waals surface area contributed by atoms with E-state index >= 15 is 0 Å². The fraction of sp³-hybridized carbons (Fsp3) is 0.269. The molecule has 1 saturated heterocycles. The summed E-state index contributed by atoms with van der Waals surface area (Å²) >= 11 is 0. The first-order chi connectivity index (χ1) is 15.2. The molecule has 0 bridgehead atoms. The van der Waals surface area contributed by atoms with E-state index in [1.54, 1.807) is 6.20 Å². The smallest absolute Gasteiger partial charge is 0.254 e. The number of hydrogen-bond acceptors (Lipinski definition) is 3. The van der Waals surface area contributed by atoms with Crippen LogP contribution < -0.4 is 0 Å². The molecule has 5 heteroatoms. The SMILES string of the molecule is CCn1ncc2c(C(=O)N3CCCC3Cc3ccccc3)cc(-c3ccccc3)nc21. The zero-order valence-corrected chi connectivity index (χ0v) is 17.7. The highest BCUT2D eigenvalue weighted by atomic mass is 16.2. The molecule has 156 valence electrons. The van der Waals surface area contributed by atoms with Crippen molar-refractivity contribution in [2.75, 3.05) is 6.54 Å². The average Bonchev–Trinajstić information content (AvgIpc) is 3.46. The Hall–Kier alpha value is -3.47. The molecule has 0 radical (unpaired) electrons. The fourth-order valence-electron chi connectivity index (χ4n) is 4.57. The maximum atomic E-state index is 13.8. The first-order valence-electron chi connectivity index (χ1n) is 11.0. The van der Waals surface area contributed by atoms with Crippen LogP contribution in [0.2, 0.25) is 0 Å². The summed E-state index contributed by atoms with van der Waals surface area (Å²) in [6, 6.07) is 22.7. The van der Waals surface area contributed by atoms with E-state index in [0.29, 0.717) is 12.1 Å². The summed E-state index contributed by atoms with van der Waals surface area (Å²) < 4.78 is 1.87. The second kappa shape index (κ2) is 8.34. The molecular weight excluding hydrogens is 384 g/mol. The van der Waals surface area contributed by atoms with E-state index < -0.39 is 0 Å². The third-order valence-corrected chi connectivity index (χ3v) is 6.16. The third kappa shape index (κ3) is 3.72. The van der Waals surface area contributed by atoms with Crippen LogP contribution in [0.15, 0.2) is 72.9 Å². The van der Waals surface area contributed by atoms with Crippen molar-refractivity contribution >= 4 is 16.9 Å². The van der Waals surface area contributed by atoms with E-state index in [9.17, 15) is 4.79 Å². The van der Waals surface area contributed by atoms with E-state index in [0.717, 1.165) is 48.1 Å². The first kappa shape index (κ1) is 19.5. The summed E-state index contributed by atoms with van der Waals surface area (Å²) in [6.07, 6.45) is 4.75. The van der Waals surface area contributed by atoms with Crippen molar-refractivity contribution < 1.29 is 4.79 Å². The number of amides is 1. The van der Waals surface area contributed by atoms with Gasteiger partial charge in [-0.05, 0) is 37.8 Å². The van der Waals surface area contributed by atoms with Crippen LogP contribution >= 0.6 is 0 Å². The second-order valence-corrected chi connectivity index (χ2v) is 8.10. The number of hydrogen-bond donors (Lipinski definition) is 0. The summed E-state index contributed by atoms with van der Waals surface area (Å²) in [7, 11) is 0. The normalized spacial score (nSPS) is 16.2. The van der Waals surface area contributed by atoms with Crippen LogP contribution in [0, 0.1) is 0 Å². The number of carbonyl (C=O) groups is 1. The summed E-state index contributed by atoms with van der Waals surface area (Å²) in [5, 5.41) is 5.32. The van der Waals surface area contributed by atoms with Gasteiger partial charge in [0.05, 0.1) is 22.8 Å². The Morgan fingerprint density at radius 3 is 2.55 bits per heavy atom. The number of likely N-dealkylation sites (tertiary alicyclic amines) is 1. The lowest BCUT2D eigenvalue weighted by Crippen LogP contribution is -2.37. The fourth-order valence-corrected chi connectivity index (χ4v) is 4.57. The van der Waals surface area contributed by atoms with E-state index in [2.05, 4.69) is 34.3 Å². The molecule has 5 nitrogen and oxygen atoms in total. The van der Waals surface area contributed by atoms with Gasteiger partial charge in [0.25, 0.3) is 5.91 Å². The topological polar surface area (TPSA) is 51.0 Å². The molecule has 1 aliphatic rings. The third-order valence-electron chi connectivity index (χ3n) is 6.16. The van der Waals surface area contributed by atoms with Crippen molar-refractivity contribution in [3.63, 3.8) is 0 Å². The van der Waals surface area contributed by atoms with E-state index in [-0.39, 0.29) is 11.9 Å². The van der Waals surface area contributed by atoms with Crippen LogP contribution in [0.1, 0.15) is 35.7 Å². The van der Waals surface area contributed by atoms with Gasteiger partial charge >= 0.3 is 0 Å². The number of benzene rings is 2. The molecule has 2 aromatic carbocycles. The number of nitrogens with zero attached hydrogens (tertiary/aromatic N) is 4. The Bertz CT molecular complexity index is 1200. The Morgan fingerprint density at radius 2 is 1.81 bits per heavy atom. The summed E-state index contributed by atoms with van der Waals surface area (Å²) in [6.45, 7) is 3.55. The number of rotatable bonds is 5. The summed E-state index contributed by atoms with van der Waals surface area (Å²) in [5.41, 5.74) is 4.56. The van der Waals surface area contributed by atoms with E-state index in [4.69, 9.17) is 4.98 Å². The minimum atomic E-state index is 0.0821. The molecule has 31 heavy (non-hydrogen) atoms. The lowest BCUT2D eigenvalue weighted by Gasteiger charge is -2.25. The van der Waals surface area contributed by atoms with Gasteiger partial charge in [0.15, 0.2) is 5.65 Å². The van der Waals surface area contributed by atoms with Gasteiger partial charge in [-0.3, -0.25) is 4.79 Å². The monoisotopic (exact) mass is 410 g/mol. The van der Waals surface area contributed by atoms with Crippen LogP contribution in [0.5, 0.6) is 0 Å². The van der Waals surface area contributed by atoms with Crippen molar-refractivity contribution in [1.82, 2.24) is 19.7 Å². The Kier molecular flexibility index (Phi) is 5.24. The van der Waals surface area contributed by atoms with Crippen LogP contribution in [0.3, 0.4) is 0 Å². The predicted molar refractivity (Wildman–Crippen MR) is 123 cm³/mol. The minimum absolute atomic E-state index is 0.0821. The molecule has 0 aliphatic carbocycles. The van der Waals surface area contributed by atoms with Gasteiger partial charge in [0, 0.05) is 24.7 Å². The number of pyridine rings is 1. The van der Waals surface area contributed by atoms with Crippen LogP contribution in [-0.4, -0.2) is 38.2 Å². The van der Waals surface area contributed by atoms with Gasteiger partial charge in [-0.2, -0.15) is 5.10 Å². The number of aryl methyl sites for hydroxylation is 1. The zero-order valence-electron chi connectivity index (χ0n) is 17.7. The van der Waals surface area contributed by atoms with Crippen LogP contribution in [-0.2, 0) is 13.0 Å². The molecule has 4 aromatic rings. The quantitative estimate of drug-likeness (QED) is 0.467. The highest BCUT2D eigenvalue weighted by molar-refractivity contribution is 6.06. The van der Waals surface area contributed by atoms with Gasteiger partial charge in [0.1, 0.15) is 0 Å². The Labute approximate surface area is 182 Å². The molecule has 2 aromatic heterocycles. The molecule has 1 atom stereocenters. The molecule has 1 amide bonds. The minimum Gasteiger partial charge on any atom is -0.335 e. The lowest BCUT2D eigenvalue weighted by molar-refractivity contribution is 0.0738. The number of carbonyl (C=O) groups excluding carboxylic acids is 1. The maximum absolute atomic E-state index is 13.8. The predicted octanol–water partition coefficient (Wildman–Crippen LogP) is 4.97. The number of aromatic nitrogens is 3. The Balaban J connectivity index is 1.55. The van der Waals surface area contributed by atoms with Crippen molar-refractivity contribution in [2.24, 2.45) is 0 Å². The molecule has 0 spiro atoms. The molecule has 1 unspecified atom stereocenters. The molecule has 3 heterocycles. The Morgan fingerprint density at radius 1 is 1.06 bits per heavy atom. The summed E-state index contributed by atoms with van der Waals surface area (Å²) in [5.74, 6) is 0.0821. The molecular formula is C26H26N4O. The standard InChI is InChI=1S/C26H26N4O/c1-2-30-25-23(18-27-30)22(17-24(28-25)20-12-7-4-8-13-20)26(31)29-15-9-14-21(29)16-19-10-5-3-6-11-19/h3-8,10-13,17-18,21H,2,9,14-16H2,1H3. The highest BCUT2D eigenvalue weighted by Gasteiger charge is 2.31. The molecule has 5 rings (SSSR count). The van der Waals surface area contributed by atoms with Gasteiger partial charge < -0.3 is 4.90 Å². The molecule has 0 saturated carbocycles. The van der Waals surface area contributed by atoms with Crippen molar-refractivity contribution in [1.29, 1.82) is 0 Å². The first-order valence-corrected chi connectivity index (χ1v) is 11.0. The molecule has 1 aliphatic heterocycles. The van der Waals surface area contributed by atoms with Gasteiger partial charge in [-0.1, -0.05) is 60.7 Å². The van der Waals surface area contributed by atoms with Crippen molar-refractivity contribution in [2.45, 2.75) is 38.8 Å². The second-order valence-electron chi connectivity index (χ2n) is 8.10. The number of fused-ring (bicyclic) bond motifs is 1. The highest BCUT2D eigenvalue weighted by Crippen LogP contribution is 2.29. The summed E-state index contributed by atoms with van der Waals surface area (Å²) in [4.78, 5) is 20.7. The zero-order chi connectivity index (χ0) is 21.2. The van der Waals surface area contributed by atoms with Crippen LogP contribution in [0.25, 0.3) is 22.3 Å². The van der Waals surface area contributed by atoms with Crippen molar-refractivity contribution in [3.05, 3.63) is 84.1 Å². The van der Waals surface area contributed by atoms with E-state index in [1.807, 2.05) is 54.1 Å². The van der Waals surface area contributed by atoms with Crippen molar-refractivity contribution in [3.8, 4) is 11.3 Å².